The Balaban J connectivity index is 2.76. The molecule has 0 amide bonds. The zero-order valence-corrected chi connectivity index (χ0v) is 10.7. The fourth-order valence-corrected chi connectivity index (χ4v) is 7.01. The maximum Gasteiger partial charge on any atom is 0.128 e. The molecule has 1 heterocycles. The first-order chi connectivity index (χ1) is 5.19. The van der Waals surface area contributed by atoms with Crippen molar-refractivity contribution >= 4 is 21.5 Å². The van der Waals surface area contributed by atoms with Crippen LogP contribution in [-0.2, 0) is 0 Å². The van der Waals surface area contributed by atoms with Crippen LogP contribution in [0.3, 0.4) is 0 Å². The summed E-state index contributed by atoms with van der Waals surface area (Å²) in [7, 11) is -0.889. The Morgan fingerprint density at radius 1 is 1.00 bits per heavy atom. The molecule has 0 aromatic heterocycles. The second-order valence-corrected chi connectivity index (χ2v) is 11.7. The van der Waals surface area contributed by atoms with E-state index in [0.717, 1.165) is 18.8 Å². The van der Waals surface area contributed by atoms with Crippen LogP contribution in [0.4, 0.5) is 0 Å². The maximum absolute atomic E-state index is 2.51. The lowest BCUT2D eigenvalue weighted by Crippen LogP contribution is -2.64. The van der Waals surface area contributed by atoms with Gasteiger partial charge in [0.25, 0.3) is 0 Å². The fraction of sp³-hybridized carbons (Fsp3) is 1.00. The minimum atomic E-state index is -0.889. The van der Waals surface area contributed by atoms with Gasteiger partial charge in [-0.25, -0.2) is 0 Å². The molecule has 0 bridgehead atoms. The Hall–Kier alpha value is 0.347. The zero-order chi connectivity index (χ0) is 9.73. The van der Waals surface area contributed by atoms with Crippen molar-refractivity contribution in [1.29, 1.82) is 0 Å². The average molecular weight is 180 g/mol. The molecule has 0 spiro atoms. The smallest absolute Gasteiger partial charge is 0.0877 e. The quantitative estimate of drug-likeness (QED) is 0.542. The van der Waals surface area contributed by atoms with Crippen LogP contribution in [0.15, 0.2) is 0 Å². The van der Waals surface area contributed by atoms with E-state index < -0.39 is 8.07 Å². The van der Waals surface area contributed by atoms with Gasteiger partial charge in [-0.15, -0.1) is 0 Å². The van der Waals surface area contributed by atoms with E-state index in [0.29, 0.717) is 5.21 Å². The summed E-state index contributed by atoms with van der Waals surface area (Å²) in [6, 6.07) is 0. The summed E-state index contributed by atoms with van der Waals surface area (Å²) in [6.07, 6.45) is 0. The van der Waals surface area contributed by atoms with Crippen LogP contribution in [-0.4, -0.2) is 21.5 Å². The number of hydrogen-bond donors (Lipinski definition) is 0. The molecule has 1 saturated heterocycles. The Bertz CT molecular complexity index is 171. The standard InChI is InChI=1S/C9H22B2Si/c1-9(2)10(3)8(11(9)4)12(5,6)7/h8H,1-7H3. The summed E-state index contributed by atoms with van der Waals surface area (Å²) >= 11 is 0. The van der Waals surface area contributed by atoms with Gasteiger partial charge in [-0.05, 0) is 0 Å². The van der Waals surface area contributed by atoms with Gasteiger partial charge >= 0.3 is 0 Å². The highest BCUT2D eigenvalue weighted by molar-refractivity contribution is 7.14. The third-order valence-corrected chi connectivity index (χ3v) is 7.42. The van der Waals surface area contributed by atoms with Crippen molar-refractivity contribution in [2.45, 2.75) is 57.7 Å². The molecule has 0 atom stereocenters. The number of hydrogen-bond acceptors (Lipinski definition) is 0. The first-order valence-electron chi connectivity index (χ1n) is 5.19. The van der Waals surface area contributed by atoms with Crippen molar-refractivity contribution in [1.82, 2.24) is 0 Å². The molecular weight excluding hydrogens is 158 g/mol. The van der Waals surface area contributed by atoms with Crippen LogP contribution in [0.2, 0.25) is 43.8 Å². The third kappa shape index (κ3) is 1.30. The summed E-state index contributed by atoms with van der Waals surface area (Å²) in [5, 5.41) is 1.65. The van der Waals surface area contributed by atoms with Crippen molar-refractivity contribution < 1.29 is 0 Å². The molecule has 12 heavy (non-hydrogen) atoms. The lowest BCUT2D eigenvalue weighted by Gasteiger charge is -2.57. The van der Waals surface area contributed by atoms with Crippen LogP contribution in [0.1, 0.15) is 13.8 Å². The van der Waals surface area contributed by atoms with E-state index in [-0.39, 0.29) is 0 Å². The third-order valence-electron chi connectivity index (χ3n) is 4.42. The molecule has 0 N–H and O–H groups in total. The predicted molar refractivity (Wildman–Crippen MR) is 64.4 cm³/mol. The van der Waals surface area contributed by atoms with Crippen molar-refractivity contribution in [3.8, 4) is 0 Å². The van der Waals surface area contributed by atoms with Gasteiger partial charge in [0.1, 0.15) is 13.4 Å². The van der Waals surface area contributed by atoms with Crippen LogP contribution >= 0.6 is 0 Å². The molecule has 0 nitrogen and oxygen atoms in total. The molecule has 0 aromatic rings. The first kappa shape index (κ1) is 10.4. The largest absolute Gasteiger partial charge is 0.128 e. The van der Waals surface area contributed by atoms with Crippen molar-refractivity contribution in [2.75, 3.05) is 0 Å². The Morgan fingerprint density at radius 2 is 1.33 bits per heavy atom. The average Bonchev–Trinajstić information content (AvgIpc) is 1.85. The van der Waals surface area contributed by atoms with Crippen LogP contribution in [0.5, 0.6) is 0 Å². The van der Waals surface area contributed by atoms with E-state index in [1.165, 1.54) is 0 Å². The van der Waals surface area contributed by atoms with Crippen LogP contribution < -0.4 is 0 Å². The van der Waals surface area contributed by atoms with Gasteiger partial charge in [0, 0.05) is 8.07 Å². The molecule has 0 saturated carbocycles. The van der Waals surface area contributed by atoms with Gasteiger partial charge in [0.05, 0.1) is 0 Å². The molecule has 1 rings (SSSR count). The highest BCUT2D eigenvalue weighted by atomic mass is 28.3. The maximum atomic E-state index is 2.51. The molecule has 3 heteroatoms. The second-order valence-electron chi connectivity index (χ2n) is 6.29. The molecule has 1 aliphatic rings. The van der Waals surface area contributed by atoms with Gasteiger partial charge in [-0.3, -0.25) is 0 Å². The second kappa shape index (κ2) is 2.67. The fourth-order valence-electron chi connectivity index (χ4n) is 3.15. The van der Waals surface area contributed by atoms with Crippen LogP contribution in [0, 0.1) is 0 Å². The monoisotopic (exact) mass is 180 g/mol. The molecule has 0 radical (unpaired) electrons. The highest BCUT2D eigenvalue weighted by Crippen LogP contribution is 2.55. The SMILES string of the molecule is CB1C([Si](C)(C)C)B(C)C1(C)C. The van der Waals surface area contributed by atoms with Crippen molar-refractivity contribution in [2.24, 2.45) is 0 Å². The van der Waals surface area contributed by atoms with E-state index in [2.05, 4.69) is 47.1 Å². The lowest BCUT2D eigenvalue weighted by molar-refractivity contribution is 0.842. The van der Waals surface area contributed by atoms with E-state index in [1.54, 1.807) is 0 Å². The van der Waals surface area contributed by atoms with E-state index in [4.69, 9.17) is 0 Å². The van der Waals surface area contributed by atoms with Crippen molar-refractivity contribution in [3.05, 3.63) is 0 Å². The summed E-state index contributed by atoms with van der Waals surface area (Å²) in [5.41, 5.74) is 0. The van der Waals surface area contributed by atoms with E-state index in [1.807, 2.05) is 0 Å². The normalized spacial score (nSPS) is 24.2. The zero-order valence-electron chi connectivity index (χ0n) is 9.73. The summed E-state index contributed by atoms with van der Waals surface area (Å²) < 4.78 is 0. The topological polar surface area (TPSA) is 0 Å². The van der Waals surface area contributed by atoms with Crippen LogP contribution in [0.25, 0.3) is 0 Å². The minimum absolute atomic E-state index is 0.602. The Kier molecular flexibility index (Phi) is 2.32. The van der Waals surface area contributed by atoms with Gasteiger partial charge in [0.15, 0.2) is 0 Å². The molecule has 68 valence electrons. The van der Waals surface area contributed by atoms with Gasteiger partial charge in [0.2, 0.25) is 0 Å². The predicted octanol–water partition coefficient (Wildman–Crippen LogP) is 3.36. The Morgan fingerprint density at radius 3 is 1.50 bits per heavy atom. The summed E-state index contributed by atoms with van der Waals surface area (Å²) in [5.74, 6) is 0. The Labute approximate surface area is 79.7 Å². The minimum Gasteiger partial charge on any atom is -0.0877 e. The van der Waals surface area contributed by atoms with Crippen molar-refractivity contribution in [3.63, 3.8) is 0 Å². The molecular formula is C9H22B2Si. The molecule has 1 aliphatic heterocycles. The summed E-state index contributed by atoms with van der Waals surface area (Å²) in [6.45, 7) is 19.2. The lowest BCUT2D eigenvalue weighted by atomic mass is 8.97. The molecule has 1 fully saturated rings. The highest BCUT2D eigenvalue weighted by Gasteiger charge is 2.58. The molecule has 0 aliphatic carbocycles. The molecule has 0 unspecified atom stereocenters. The van der Waals surface area contributed by atoms with E-state index in [9.17, 15) is 0 Å². The van der Waals surface area contributed by atoms with Gasteiger partial charge in [-0.2, -0.15) is 0 Å². The summed E-state index contributed by atoms with van der Waals surface area (Å²) in [4.78, 5) is 0. The van der Waals surface area contributed by atoms with E-state index >= 15 is 0 Å². The van der Waals surface area contributed by atoms with Gasteiger partial charge in [-0.1, -0.05) is 57.7 Å². The first-order valence-corrected chi connectivity index (χ1v) is 8.76. The molecule has 0 aromatic carbocycles. The van der Waals surface area contributed by atoms with Gasteiger partial charge < -0.3 is 0 Å². The number of rotatable bonds is 1.